The van der Waals surface area contributed by atoms with Crippen LogP contribution in [0.2, 0.25) is 0 Å². The largest absolute Gasteiger partial charge is 0.481 e. The van der Waals surface area contributed by atoms with Crippen LogP contribution in [0.15, 0.2) is 4.52 Å². The Morgan fingerprint density at radius 3 is 2.85 bits per heavy atom. The molecular weight excluding hydrogens is 258 g/mol. The zero-order valence-corrected chi connectivity index (χ0v) is 12.1. The number of aliphatic carboxylic acids is 1. The Hall–Kier alpha value is -1.43. The van der Waals surface area contributed by atoms with Gasteiger partial charge < -0.3 is 14.9 Å². The molecule has 6 nitrogen and oxygen atoms in total. The summed E-state index contributed by atoms with van der Waals surface area (Å²) in [6, 6.07) is 0. The number of hydrogen-bond donors (Lipinski definition) is 2. The summed E-state index contributed by atoms with van der Waals surface area (Å²) in [6.07, 6.45) is 3.92. The van der Waals surface area contributed by atoms with E-state index in [-0.39, 0.29) is 17.8 Å². The number of rotatable bonds is 6. The van der Waals surface area contributed by atoms with E-state index in [0.717, 1.165) is 25.7 Å². The molecule has 2 N–H and O–H groups in total. The zero-order chi connectivity index (χ0) is 14.5. The first-order chi connectivity index (χ1) is 9.58. The minimum Gasteiger partial charge on any atom is -0.481 e. The molecule has 1 saturated carbocycles. The summed E-state index contributed by atoms with van der Waals surface area (Å²) in [5.41, 5.74) is 0. The topological polar surface area (TPSA) is 88.2 Å². The van der Waals surface area contributed by atoms with Crippen LogP contribution in [0.5, 0.6) is 0 Å². The molecule has 20 heavy (non-hydrogen) atoms. The van der Waals surface area contributed by atoms with Gasteiger partial charge in [0.25, 0.3) is 0 Å². The number of carboxylic acid groups (broad SMARTS) is 1. The predicted octanol–water partition coefficient (Wildman–Crippen LogP) is 2.17. The van der Waals surface area contributed by atoms with Crippen molar-refractivity contribution in [2.75, 3.05) is 6.54 Å². The van der Waals surface area contributed by atoms with Crippen molar-refractivity contribution < 1.29 is 14.4 Å². The SMILES string of the molecule is CC(C)c1nc(CNCC2CCCCC2C(=O)O)no1. The van der Waals surface area contributed by atoms with E-state index in [9.17, 15) is 9.90 Å². The molecule has 1 fully saturated rings. The molecule has 112 valence electrons. The molecule has 0 radical (unpaired) electrons. The summed E-state index contributed by atoms with van der Waals surface area (Å²) in [6.45, 7) is 5.23. The highest BCUT2D eigenvalue weighted by Crippen LogP contribution is 2.29. The average Bonchev–Trinajstić information content (AvgIpc) is 2.88. The van der Waals surface area contributed by atoms with E-state index >= 15 is 0 Å². The quantitative estimate of drug-likeness (QED) is 0.830. The third-order valence-electron chi connectivity index (χ3n) is 3.89. The van der Waals surface area contributed by atoms with E-state index in [0.29, 0.717) is 24.8 Å². The van der Waals surface area contributed by atoms with E-state index in [1.165, 1.54) is 0 Å². The maximum absolute atomic E-state index is 11.2. The van der Waals surface area contributed by atoms with Crippen molar-refractivity contribution in [3.8, 4) is 0 Å². The average molecular weight is 281 g/mol. The molecule has 1 aliphatic rings. The fraction of sp³-hybridized carbons (Fsp3) is 0.786. The monoisotopic (exact) mass is 281 g/mol. The van der Waals surface area contributed by atoms with Crippen LogP contribution in [0, 0.1) is 11.8 Å². The van der Waals surface area contributed by atoms with Crippen LogP contribution in [0.1, 0.15) is 57.2 Å². The van der Waals surface area contributed by atoms with Crippen molar-refractivity contribution in [3.63, 3.8) is 0 Å². The maximum atomic E-state index is 11.2. The van der Waals surface area contributed by atoms with Crippen molar-refractivity contribution in [2.45, 2.75) is 52.0 Å². The molecule has 2 unspecified atom stereocenters. The standard InChI is InChI=1S/C14H23N3O3/c1-9(2)13-16-12(17-20-13)8-15-7-10-5-3-4-6-11(10)14(18)19/h9-11,15H,3-8H2,1-2H3,(H,18,19). The smallest absolute Gasteiger partial charge is 0.306 e. The summed E-state index contributed by atoms with van der Waals surface area (Å²) in [5.74, 6) is 0.828. The van der Waals surface area contributed by atoms with Crippen LogP contribution >= 0.6 is 0 Å². The van der Waals surface area contributed by atoms with Gasteiger partial charge in [-0.1, -0.05) is 31.8 Å². The van der Waals surface area contributed by atoms with Gasteiger partial charge in [0.05, 0.1) is 12.5 Å². The van der Waals surface area contributed by atoms with E-state index in [2.05, 4.69) is 15.5 Å². The molecule has 2 rings (SSSR count). The molecule has 1 aromatic rings. The van der Waals surface area contributed by atoms with E-state index in [1.807, 2.05) is 13.8 Å². The summed E-state index contributed by atoms with van der Waals surface area (Å²) < 4.78 is 5.13. The first kappa shape index (κ1) is 15.0. The third-order valence-corrected chi connectivity index (χ3v) is 3.89. The highest BCUT2D eigenvalue weighted by molar-refractivity contribution is 5.70. The number of carboxylic acids is 1. The van der Waals surface area contributed by atoms with Crippen molar-refractivity contribution in [3.05, 3.63) is 11.7 Å². The van der Waals surface area contributed by atoms with Crippen LogP contribution in [-0.2, 0) is 11.3 Å². The Labute approximate surface area is 118 Å². The zero-order valence-electron chi connectivity index (χ0n) is 12.1. The van der Waals surface area contributed by atoms with Gasteiger partial charge in [0.15, 0.2) is 5.82 Å². The second-order valence-corrected chi connectivity index (χ2v) is 5.82. The van der Waals surface area contributed by atoms with E-state index < -0.39 is 5.97 Å². The second kappa shape index (κ2) is 6.83. The Balaban J connectivity index is 1.80. The van der Waals surface area contributed by atoms with Gasteiger partial charge in [-0.15, -0.1) is 0 Å². The lowest BCUT2D eigenvalue weighted by molar-refractivity contribution is -0.144. The summed E-state index contributed by atoms with van der Waals surface area (Å²) >= 11 is 0. The Kier molecular flexibility index (Phi) is 5.11. The lowest BCUT2D eigenvalue weighted by Crippen LogP contribution is -2.34. The first-order valence-corrected chi connectivity index (χ1v) is 7.34. The van der Waals surface area contributed by atoms with Crippen LogP contribution in [0.3, 0.4) is 0 Å². The molecule has 0 spiro atoms. The van der Waals surface area contributed by atoms with E-state index in [4.69, 9.17) is 4.52 Å². The first-order valence-electron chi connectivity index (χ1n) is 7.34. The van der Waals surface area contributed by atoms with E-state index in [1.54, 1.807) is 0 Å². The molecule has 0 saturated heterocycles. The van der Waals surface area contributed by atoms with Gasteiger partial charge >= 0.3 is 5.97 Å². The van der Waals surface area contributed by atoms with Gasteiger partial charge in [0, 0.05) is 5.92 Å². The lowest BCUT2D eigenvalue weighted by atomic mass is 9.79. The molecule has 1 heterocycles. The minimum absolute atomic E-state index is 0.206. The Morgan fingerprint density at radius 2 is 2.20 bits per heavy atom. The minimum atomic E-state index is -0.668. The van der Waals surface area contributed by atoms with Gasteiger partial charge in [0.2, 0.25) is 5.89 Å². The van der Waals surface area contributed by atoms with Gasteiger partial charge in [0.1, 0.15) is 0 Å². The highest BCUT2D eigenvalue weighted by Gasteiger charge is 2.30. The molecule has 2 atom stereocenters. The van der Waals surface area contributed by atoms with Crippen molar-refractivity contribution >= 4 is 5.97 Å². The molecule has 1 aliphatic carbocycles. The molecule has 0 aromatic carbocycles. The molecule has 0 bridgehead atoms. The fourth-order valence-corrected chi connectivity index (χ4v) is 2.72. The van der Waals surface area contributed by atoms with Crippen LogP contribution in [0.25, 0.3) is 0 Å². The lowest BCUT2D eigenvalue weighted by Gasteiger charge is -2.28. The van der Waals surface area contributed by atoms with Crippen LogP contribution in [-0.4, -0.2) is 27.8 Å². The number of nitrogens with zero attached hydrogens (tertiary/aromatic N) is 2. The Morgan fingerprint density at radius 1 is 1.45 bits per heavy atom. The van der Waals surface area contributed by atoms with Crippen molar-refractivity contribution in [2.24, 2.45) is 11.8 Å². The molecule has 1 aromatic heterocycles. The van der Waals surface area contributed by atoms with Crippen molar-refractivity contribution in [1.82, 2.24) is 15.5 Å². The van der Waals surface area contributed by atoms with Gasteiger partial charge in [-0.2, -0.15) is 4.98 Å². The summed E-state index contributed by atoms with van der Waals surface area (Å²) in [4.78, 5) is 15.5. The highest BCUT2D eigenvalue weighted by atomic mass is 16.5. The van der Waals surface area contributed by atoms with Gasteiger partial charge in [-0.25, -0.2) is 0 Å². The van der Waals surface area contributed by atoms with Crippen molar-refractivity contribution in [1.29, 1.82) is 0 Å². The summed E-state index contributed by atoms with van der Waals surface area (Å²) in [7, 11) is 0. The normalized spacial score (nSPS) is 23.1. The molecule has 0 aliphatic heterocycles. The number of carbonyl (C=O) groups is 1. The molecule has 6 heteroatoms. The maximum Gasteiger partial charge on any atom is 0.306 e. The molecule has 0 amide bonds. The summed E-state index contributed by atoms with van der Waals surface area (Å²) in [5, 5.41) is 16.4. The van der Waals surface area contributed by atoms with Gasteiger partial charge in [-0.05, 0) is 25.3 Å². The predicted molar refractivity (Wildman–Crippen MR) is 73.2 cm³/mol. The fourth-order valence-electron chi connectivity index (χ4n) is 2.72. The second-order valence-electron chi connectivity index (χ2n) is 5.82. The van der Waals surface area contributed by atoms with Crippen LogP contribution < -0.4 is 5.32 Å². The number of aromatic nitrogens is 2. The third kappa shape index (κ3) is 3.79. The van der Waals surface area contributed by atoms with Crippen LogP contribution in [0.4, 0.5) is 0 Å². The Bertz CT molecular complexity index is 445. The number of nitrogens with one attached hydrogen (secondary N) is 1. The number of hydrogen-bond acceptors (Lipinski definition) is 5. The molecular formula is C14H23N3O3. The van der Waals surface area contributed by atoms with Gasteiger partial charge in [-0.3, -0.25) is 4.79 Å².